The van der Waals surface area contributed by atoms with Gasteiger partial charge in [-0.15, -0.1) is 0 Å². The van der Waals surface area contributed by atoms with Crippen LogP contribution in [0.3, 0.4) is 0 Å². The summed E-state index contributed by atoms with van der Waals surface area (Å²) in [5, 5.41) is 2.97. The summed E-state index contributed by atoms with van der Waals surface area (Å²) in [5.41, 5.74) is 0. The zero-order valence-electron chi connectivity index (χ0n) is 10.6. The molecule has 0 saturated carbocycles. The summed E-state index contributed by atoms with van der Waals surface area (Å²) in [6.45, 7) is 1.27. The number of nitrogens with zero attached hydrogens (tertiary/aromatic N) is 1. The lowest BCUT2D eigenvalue weighted by Gasteiger charge is -2.17. The average molecular weight is 290 g/mol. The summed E-state index contributed by atoms with van der Waals surface area (Å²) in [6.07, 6.45) is 0.691. The highest BCUT2D eigenvalue weighted by Crippen LogP contribution is 2.27. The van der Waals surface area contributed by atoms with Crippen LogP contribution in [0.2, 0.25) is 0 Å². The average Bonchev–Trinajstić information content (AvgIpc) is 2.78. The lowest BCUT2D eigenvalue weighted by Crippen LogP contribution is -2.31. The van der Waals surface area contributed by atoms with Crippen LogP contribution in [0.5, 0.6) is 0 Å². The Hall–Kier alpha value is -1.05. The van der Waals surface area contributed by atoms with Gasteiger partial charge in [0.25, 0.3) is 0 Å². The third-order valence-corrected chi connectivity index (χ3v) is 5.18. The minimum absolute atomic E-state index is 0.176. The number of nitrogens with one attached hydrogen (secondary N) is 1. The molecule has 106 valence electrons. The quantitative estimate of drug-likeness (QED) is 0.906. The van der Waals surface area contributed by atoms with Gasteiger partial charge in [0, 0.05) is 13.1 Å². The molecular weight excluding hydrogens is 274 g/mol. The normalized spacial score (nSPS) is 20.9. The van der Waals surface area contributed by atoms with Crippen LogP contribution in [-0.2, 0) is 10.0 Å². The molecule has 0 radical (unpaired) electrons. The van der Waals surface area contributed by atoms with E-state index in [1.165, 1.54) is 0 Å². The van der Waals surface area contributed by atoms with Gasteiger partial charge in [-0.05, 0) is 38.1 Å². The molecule has 1 unspecified atom stereocenters. The maximum absolute atomic E-state index is 13.6. The van der Waals surface area contributed by atoms with Crippen LogP contribution in [0.1, 0.15) is 6.42 Å². The molecule has 1 aliphatic rings. The van der Waals surface area contributed by atoms with Gasteiger partial charge >= 0.3 is 0 Å². The number of benzene rings is 1. The van der Waals surface area contributed by atoms with Crippen LogP contribution in [0, 0.1) is 17.6 Å². The van der Waals surface area contributed by atoms with Crippen molar-refractivity contribution in [3.63, 3.8) is 0 Å². The molecule has 1 aliphatic heterocycles. The minimum Gasteiger partial charge on any atom is -0.319 e. The fourth-order valence-electron chi connectivity index (χ4n) is 2.33. The van der Waals surface area contributed by atoms with Gasteiger partial charge in [-0.3, -0.25) is 0 Å². The Bertz CT molecular complexity index is 543. The van der Waals surface area contributed by atoms with E-state index < -0.39 is 26.6 Å². The standard InChI is InChI=1S/C12H16F2N2O2S/c1-15-7-9-5-6-16(8-9)19(17,18)12-10(13)3-2-4-11(12)14/h2-4,9,15H,5-8H2,1H3. The predicted molar refractivity (Wildman–Crippen MR) is 67.2 cm³/mol. The second-order valence-corrected chi connectivity index (χ2v) is 6.50. The van der Waals surface area contributed by atoms with Gasteiger partial charge in [-0.2, -0.15) is 4.31 Å². The molecule has 2 rings (SSSR count). The second kappa shape index (κ2) is 5.52. The Morgan fingerprint density at radius 2 is 2.00 bits per heavy atom. The first kappa shape index (κ1) is 14.4. The smallest absolute Gasteiger partial charge is 0.248 e. The molecular formula is C12H16F2N2O2S. The Labute approximate surface area is 111 Å². The van der Waals surface area contributed by atoms with E-state index in [0.29, 0.717) is 19.5 Å². The van der Waals surface area contributed by atoms with E-state index in [4.69, 9.17) is 0 Å². The summed E-state index contributed by atoms with van der Waals surface area (Å²) in [7, 11) is -2.31. The van der Waals surface area contributed by atoms with Gasteiger partial charge < -0.3 is 5.32 Å². The molecule has 0 aliphatic carbocycles. The fourth-order valence-corrected chi connectivity index (χ4v) is 3.97. The highest BCUT2D eigenvalue weighted by molar-refractivity contribution is 7.89. The zero-order chi connectivity index (χ0) is 14.0. The van der Waals surface area contributed by atoms with Gasteiger partial charge in [0.05, 0.1) is 0 Å². The lowest BCUT2D eigenvalue weighted by atomic mass is 10.1. The van der Waals surface area contributed by atoms with Crippen molar-refractivity contribution >= 4 is 10.0 Å². The van der Waals surface area contributed by atoms with Crippen LogP contribution in [-0.4, -0.2) is 39.4 Å². The first-order valence-electron chi connectivity index (χ1n) is 6.05. The van der Waals surface area contributed by atoms with Crippen molar-refractivity contribution in [3.05, 3.63) is 29.8 Å². The predicted octanol–water partition coefficient (Wildman–Crippen LogP) is 1.19. The molecule has 4 nitrogen and oxygen atoms in total. The van der Waals surface area contributed by atoms with Crippen molar-refractivity contribution in [2.75, 3.05) is 26.7 Å². The number of hydrogen-bond donors (Lipinski definition) is 1. The van der Waals surface area contributed by atoms with Crippen molar-refractivity contribution in [1.82, 2.24) is 9.62 Å². The largest absolute Gasteiger partial charge is 0.319 e. The van der Waals surface area contributed by atoms with Crippen LogP contribution < -0.4 is 5.32 Å². The topological polar surface area (TPSA) is 49.4 Å². The zero-order valence-corrected chi connectivity index (χ0v) is 11.4. The first-order valence-corrected chi connectivity index (χ1v) is 7.49. The van der Waals surface area contributed by atoms with Crippen LogP contribution in [0.15, 0.2) is 23.1 Å². The van der Waals surface area contributed by atoms with Crippen LogP contribution in [0.25, 0.3) is 0 Å². The van der Waals surface area contributed by atoms with E-state index in [9.17, 15) is 17.2 Å². The molecule has 1 fully saturated rings. The van der Waals surface area contributed by atoms with Crippen molar-refractivity contribution in [3.8, 4) is 0 Å². The highest BCUT2D eigenvalue weighted by atomic mass is 32.2. The molecule has 1 aromatic carbocycles. The SMILES string of the molecule is CNCC1CCN(S(=O)(=O)c2c(F)cccc2F)C1. The molecule has 0 aromatic heterocycles. The summed E-state index contributed by atoms with van der Waals surface area (Å²) >= 11 is 0. The van der Waals surface area contributed by atoms with Crippen molar-refractivity contribution in [1.29, 1.82) is 0 Å². The molecule has 1 saturated heterocycles. The van der Waals surface area contributed by atoms with Crippen molar-refractivity contribution in [2.45, 2.75) is 11.3 Å². The van der Waals surface area contributed by atoms with E-state index in [1.54, 1.807) is 7.05 Å². The van der Waals surface area contributed by atoms with E-state index in [2.05, 4.69) is 5.32 Å². The Kier molecular flexibility index (Phi) is 4.17. The molecule has 0 bridgehead atoms. The second-order valence-electron chi connectivity index (χ2n) is 4.63. The van der Waals surface area contributed by atoms with Crippen molar-refractivity contribution < 1.29 is 17.2 Å². The number of hydrogen-bond acceptors (Lipinski definition) is 3. The summed E-state index contributed by atoms with van der Waals surface area (Å²) < 4.78 is 52.8. The van der Waals surface area contributed by atoms with Gasteiger partial charge in [0.2, 0.25) is 10.0 Å². The van der Waals surface area contributed by atoms with Gasteiger partial charge in [-0.1, -0.05) is 6.07 Å². The third kappa shape index (κ3) is 2.77. The van der Waals surface area contributed by atoms with E-state index >= 15 is 0 Å². The molecule has 7 heteroatoms. The number of sulfonamides is 1. The number of halogens is 2. The molecule has 0 amide bonds. The summed E-state index contributed by atoms with van der Waals surface area (Å²) in [6, 6.07) is 3.06. The summed E-state index contributed by atoms with van der Waals surface area (Å²) in [5.74, 6) is -1.91. The maximum Gasteiger partial charge on any atom is 0.248 e. The Morgan fingerprint density at radius 3 is 2.58 bits per heavy atom. The maximum atomic E-state index is 13.6. The first-order chi connectivity index (χ1) is 8.96. The lowest BCUT2D eigenvalue weighted by molar-refractivity contribution is 0.438. The fraction of sp³-hybridized carbons (Fsp3) is 0.500. The van der Waals surface area contributed by atoms with Crippen LogP contribution >= 0.6 is 0 Å². The monoisotopic (exact) mass is 290 g/mol. The molecule has 1 N–H and O–H groups in total. The van der Waals surface area contributed by atoms with E-state index in [-0.39, 0.29) is 12.5 Å². The Morgan fingerprint density at radius 1 is 1.37 bits per heavy atom. The van der Waals surface area contributed by atoms with Crippen LogP contribution in [0.4, 0.5) is 8.78 Å². The summed E-state index contributed by atoms with van der Waals surface area (Å²) in [4.78, 5) is -0.847. The van der Waals surface area contributed by atoms with E-state index in [1.807, 2.05) is 0 Å². The molecule has 0 spiro atoms. The molecule has 1 aromatic rings. The minimum atomic E-state index is -4.10. The van der Waals surface area contributed by atoms with Gasteiger partial charge in [0.15, 0.2) is 4.90 Å². The highest BCUT2D eigenvalue weighted by Gasteiger charge is 2.35. The van der Waals surface area contributed by atoms with Gasteiger partial charge in [-0.25, -0.2) is 17.2 Å². The van der Waals surface area contributed by atoms with Crippen molar-refractivity contribution in [2.24, 2.45) is 5.92 Å². The Balaban J connectivity index is 2.29. The van der Waals surface area contributed by atoms with Gasteiger partial charge in [0.1, 0.15) is 11.6 Å². The molecule has 19 heavy (non-hydrogen) atoms. The van der Waals surface area contributed by atoms with E-state index in [0.717, 1.165) is 22.5 Å². The number of rotatable bonds is 4. The molecule has 1 heterocycles. The molecule has 1 atom stereocenters. The third-order valence-electron chi connectivity index (χ3n) is 3.26.